The molecule has 2 aromatic carbocycles. The summed E-state index contributed by atoms with van der Waals surface area (Å²) < 4.78 is 0. The molecule has 0 heterocycles. The van der Waals surface area contributed by atoms with E-state index in [1.807, 2.05) is 54.6 Å². The van der Waals surface area contributed by atoms with E-state index in [9.17, 15) is 4.79 Å². The minimum Gasteiger partial charge on any atom is -0.356 e. The molecular weight excluding hydrogens is 284 g/mol. The molecule has 0 atom stereocenters. The first-order chi connectivity index (χ1) is 11.2. The van der Waals surface area contributed by atoms with E-state index in [1.165, 1.54) is 0 Å². The van der Waals surface area contributed by atoms with Crippen molar-refractivity contribution in [3.05, 3.63) is 54.6 Å². The third kappa shape index (κ3) is 4.35. The summed E-state index contributed by atoms with van der Waals surface area (Å²) in [7, 11) is 0. The Bertz CT molecular complexity index is 628. The summed E-state index contributed by atoms with van der Waals surface area (Å²) in [6, 6.07) is 17.9. The lowest BCUT2D eigenvalue weighted by Crippen LogP contribution is -2.26. The number of anilines is 3. The molecule has 0 aromatic heterocycles. The summed E-state index contributed by atoms with van der Waals surface area (Å²) in [5, 5.41) is 6.39. The quantitative estimate of drug-likeness (QED) is 0.815. The molecule has 3 heteroatoms. The minimum atomic E-state index is 0.167. The second-order valence-corrected chi connectivity index (χ2v) is 6.51. The number of rotatable bonds is 4. The van der Waals surface area contributed by atoms with Crippen LogP contribution < -0.4 is 10.6 Å². The minimum absolute atomic E-state index is 0.167. The van der Waals surface area contributed by atoms with E-state index < -0.39 is 0 Å². The molecule has 0 aliphatic heterocycles. The third-order valence-electron chi connectivity index (χ3n) is 4.60. The first-order valence-electron chi connectivity index (χ1n) is 8.44. The van der Waals surface area contributed by atoms with E-state index in [0.29, 0.717) is 0 Å². The van der Waals surface area contributed by atoms with E-state index in [2.05, 4.69) is 17.6 Å². The van der Waals surface area contributed by atoms with Gasteiger partial charge in [-0.15, -0.1) is 0 Å². The van der Waals surface area contributed by atoms with E-state index >= 15 is 0 Å². The van der Waals surface area contributed by atoms with Gasteiger partial charge in [0.05, 0.1) is 0 Å². The highest BCUT2D eigenvalue weighted by Crippen LogP contribution is 2.29. The molecule has 120 valence electrons. The maximum Gasteiger partial charge on any atom is 0.227 e. The molecule has 1 aliphatic rings. The highest BCUT2D eigenvalue weighted by atomic mass is 16.1. The Morgan fingerprint density at radius 3 is 2.04 bits per heavy atom. The zero-order valence-electron chi connectivity index (χ0n) is 13.6. The van der Waals surface area contributed by atoms with Crippen LogP contribution in [0.5, 0.6) is 0 Å². The molecule has 2 aromatic rings. The summed E-state index contributed by atoms with van der Waals surface area (Å²) in [4.78, 5) is 12.3. The SMILES string of the molecule is CC1CCC(C(=O)Nc2ccc(Nc3ccccc3)cc2)CC1. The number of carbonyl (C=O) groups is 1. The third-order valence-corrected chi connectivity index (χ3v) is 4.60. The first-order valence-corrected chi connectivity index (χ1v) is 8.44. The second kappa shape index (κ2) is 7.32. The molecule has 0 radical (unpaired) electrons. The van der Waals surface area contributed by atoms with Crippen LogP contribution in [0.3, 0.4) is 0 Å². The van der Waals surface area contributed by atoms with Crippen LogP contribution in [0.4, 0.5) is 17.1 Å². The summed E-state index contributed by atoms with van der Waals surface area (Å²) in [5.74, 6) is 1.11. The molecule has 3 nitrogen and oxygen atoms in total. The maximum absolute atomic E-state index is 12.3. The van der Waals surface area contributed by atoms with Gasteiger partial charge in [-0.05, 0) is 68.0 Å². The van der Waals surface area contributed by atoms with Gasteiger partial charge in [-0.25, -0.2) is 0 Å². The van der Waals surface area contributed by atoms with Gasteiger partial charge in [-0.1, -0.05) is 25.1 Å². The molecule has 23 heavy (non-hydrogen) atoms. The Kier molecular flexibility index (Phi) is 4.96. The van der Waals surface area contributed by atoms with Crippen molar-refractivity contribution in [3.8, 4) is 0 Å². The largest absolute Gasteiger partial charge is 0.356 e. The van der Waals surface area contributed by atoms with Crippen molar-refractivity contribution >= 4 is 23.0 Å². The zero-order valence-corrected chi connectivity index (χ0v) is 13.6. The van der Waals surface area contributed by atoms with Gasteiger partial charge in [0.15, 0.2) is 0 Å². The van der Waals surface area contributed by atoms with Crippen LogP contribution in [0.25, 0.3) is 0 Å². The van der Waals surface area contributed by atoms with Crippen LogP contribution in [0.2, 0.25) is 0 Å². The summed E-state index contributed by atoms with van der Waals surface area (Å²) in [6.45, 7) is 2.27. The van der Waals surface area contributed by atoms with Crippen molar-refractivity contribution in [1.82, 2.24) is 0 Å². The smallest absolute Gasteiger partial charge is 0.227 e. The monoisotopic (exact) mass is 308 g/mol. The molecular formula is C20H24N2O. The van der Waals surface area contributed by atoms with Gasteiger partial charge in [0, 0.05) is 23.0 Å². The van der Waals surface area contributed by atoms with Crippen molar-refractivity contribution in [2.24, 2.45) is 11.8 Å². The fourth-order valence-corrected chi connectivity index (χ4v) is 3.09. The zero-order chi connectivity index (χ0) is 16.1. The topological polar surface area (TPSA) is 41.1 Å². The van der Waals surface area contributed by atoms with E-state index in [-0.39, 0.29) is 11.8 Å². The number of hydrogen-bond donors (Lipinski definition) is 2. The Hall–Kier alpha value is -2.29. The maximum atomic E-state index is 12.3. The van der Waals surface area contributed by atoms with Crippen LogP contribution in [0, 0.1) is 11.8 Å². The number of hydrogen-bond acceptors (Lipinski definition) is 2. The Morgan fingerprint density at radius 1 is 0.826 bits per heavy atom. The van der Waals surface area contributed by atoms with Gasteiger partial charge < -0.3 is 10.6 Å². The van der Waals surface area contributed by atoms with Crippen LogP contribution in [-0.2, 0) is 4.79 Å². The van der Waals surface area contributed by atoms with E-state index in [0.717, 1.165) is 48.7 Å². The van der Waals surface area contributed by atoms with Gasteiger partial charge in [0.2, 0.25) is 5.91 Å². The van der Waals surface area contributed by atoms with Gasteiger partial charge in [0.25, 0.3) is 0 Å². The molecule has 1 aliphatic carbocycles. The number of para-hydroxylation sites is 1. The molecule has 2 N–H and O–H groups in total. The average molecular weight is 308 g/mol. The van der Waals surface area contributed by atoms with Gasteiger partial charge in [-0.2, -0.15) is 0 Å². The van der Waals surface area contributed by atoms with E-state index in [4.69, 9.17) is 0 Å². The molecule has 1 fully saturated rings. The normalized spacial score (nSPS) is 20.7. The highest BCUT2D eigenvalue weighted by Gasteiger charge is 2.24. The lowest BCUT2D eigenvalue weighted by molar-refractivity contribution is -0.121. The molecule has 0 unspecified atom stereocenters. The Morgan fingerprint density at radius 2 is 1.39 bits per heavy atom. The average Bonchev–Trinajstić information content (AvgIpc) is 2.58. The predicted molar refractivity (Wildman–Crippen MR) is 95.9 cm³/mol. The highest BCUT2D eigenvalue weighted by molar-refractivity contribution is 5.92. The van der Waals surface area contributed by atoms with Crippen LogP contribution in [0.1, 0.15) is 32.6 Å². The summed E-state index contributed by atoms with van der Waals surface area (Å²) >= 11 is 0. The van der Waals surface area contributed by atoms with Crippen LogP contribution >= 0.6 is 0 Å². The van der Waals surface area contributed by atoms with Crippen LogP contribution in [-0.4, -0.2) is 5.91 Å². The van der Waals surface area contributed by atoms with Crippen molar-refractivity contribution in [2.45, 2.75) is 32.6 Å². The number of carbonyl (C=O) groups excluding carboxylic acids is 1. The fourth-order valence-electron chi connectivity index (χ4n) is 3.09. The van der Waals surface area contributed by atoms with Gasteiger partial charge in [0.1, 0.15) is 0 Å². The van der Waals surface area contributed by atoms with Gasteiger partial charge >= 0.3 is 0 Å². The van der Waals surface area contributed by atoms with Crippen LogP contribution in [0.15, 0.2) is 54.6 Å². The summed E-state index contributed by atoms with van der Waals surface area (Å²) in [6.07, 6.45) is 4.36. The van der Waals surface area contributed by atoms with Crippen molar-refractivity contribution in [2.75, 3.05) is 10.6 Å². The van der Waals surface area contributed by atoms with Crippen molar-refractivity contribution < 1.29 is 4.79 Å². The number of nitrogens with one attached hydrogen (secondary N) is 2. The first kappa shape index (κ1) is 15.6. The molecule has 0 saturated heterocycles. The molecule has 0 bridgehead atoms. The lowest BCUT2D eigenvalue weighted by Gasteiger charge is -2.25. The van der Waals surface area contributed by atoms with E-state index in [1.54, 1.807) is 0 Å². The second-order valence-electron chi connectivity index (χ2n) is 6.51. The van der Waals surface area contributed by atoms with Crippen molar-refractivity contribution in [1.29, 1.82) is 0 Å². The summed E-state index contributed by atoms with van der Waals surface area (Å²) in [5.41, 5.74) is 2.94. The van der Waals surface area contributed by atoms with Crippen molar-refractivity contribution in [3.63, 3.8) is 0 Å². The Balaban J connectivity index is 1.56. The molecule has 0 spiro atoms. The molecule has 1 amide bonds. The number of benzene rings is 2. The van der Waals surface area contributed by atoms with Gasteiger partial charge in [-0.3, -0.25) is 4.79 Å². The lowest BCUT2D eigenvalue weighted by atomic mass is 9.82. The molecule has 3 rings (SSSR count). The molecule has 1 saturated carbocycles. The number of amides is 1. The fraction of sp³-hybridized carbons (Fsp3) is 0.350. The Labute approximate surface area is 138 Å². The predicted octanol–water partition coefficient (Wildman–Crippen LogP) is 5.20. The standard InChI is InChI=1S/C20H24N2O/c1-15-7-9-16(10-8-15)20(23)22-19-13-11-18(12-14-19)21-17-5-3-2-4-6-17/h2-6,11-16,21H,7-10H2,1H3,(H,22,23).